The number of para-hydroxylation sites is 2. The summed E-state index contributed by atoms with van der Waals surface area (Å²) in [6, 6.07) is 15.3. The zero-order valence-corrected chi connectivity index (χ0v) is 14.9. The number of halogens is 3. The second kappa shape index (κ2) is 8.33. The molecule has 1 aliphatic rings. The molecule has 0 unspecified atom stereocenters. The van der Waals surface area contributed by atoms with E-state index in [2.05, 4.69) is 10.2 Å². The van der Waals surface area contributed by atoms with Gasteiger partial charge in [-0.1, -0.05) is 30.3 Å². The zero-order valence-electron chi connectivity index (χ0n) is 14.9. The molecule has 2 aromatic carbocycles. The molecule has 1 saturated heterocycles. The summed E-state index contributed by atoms with van der Waals surface area (Å²) in [6.45, 7) is 2.91. The molecule has 7 heteroatoms. The Hall–Kier alpha value is -2.70. The molecule has 0 atom stereocenters. The first-order chi connectivity index (χ1) is 12.9. The first kappa shape index (κ1) is 19.1. The number of nitrogens with one attached hydrogen (secondary N) is 1. The van der Waals surface area contributed by atoms with Crippen molar-refractivity contribution < 1.29 is 18.0 Å². The number of benzene rings is 2. The van der Waals surface area contributed by atoms with Gasteiger partial charge in [-0.15, -0.1) is 0 Å². The van der Waals surface area contributed by atoms with Crippen molar-refractivity contribution in [3.8, 4) is 0 Å². The lowest BCUT2D eigenvalue weighted by atomic mass is 10.1. The highest BCUT2D eigenvalue weighted by atomic mass is 19.4. The van der Waals surface area contributed by atoms with E-state index in [4.69, 9.17) is 0 Å². The fourth-order valence-electron chi connectivity index (χ4n) is 3.20. The molecule has 0 aliphatic carbocycles. The average molecular weight is 377 g/mol. The Bertz CT molecular complexity index is 757. The maximum Gasteiger partial charge on any atom is 0.418 e. The number of rotatable bonds is 5. The van der Waals surface area contributed by atoms with Gasteiger partial charge in [0.1, 0.15) is 0 Å². The minimum atomic E-state index is -4.42. The number of hydrogen-bond acceptors (Lipinski definition) is 3. The molecule has 4 nitrogen and oxygen atoms in total. The highest BCUT2D eigenvalue weighted by Gasteiger charge is 2.33. The molecular formula is C20H22F3N3O. The largest absolute Gasteiger partial charge is 0.418 e. The molecular weight excluding hydrogens is 355 g/mol. The van der Waals surface area contributed by atoms with Gasteiger partial charge in [-0.3, -0.25) is 4.79 Å². The average Bonchev–Trinajstić information content (AvgIpc) is 2.68. The summed E-state index contributed by atoms with van der Waals surface area (Å²) in [5.74, 6) is -0.0419. The topological polar surface area (TPSA) is 35.6 Å². The number of alkyl halides is 3. The number of amides is 1. The Kier molecular flexibility index (Phi) is 5.88. The Morgan fingerprint density at radius 3 is 2.22 bits per heavy atom. The van der Waals surface area contributed by atoms with Gasteiger partial charge in [-0.2, -0.15) is 13.2 Å². The molecule has 3 rings (SSSR count). The van der Waals surface area contributed by atoms with Crippen LogP contribution in [-0.4, -0.2) is 43.5 Å². The van der Waals surface area contributed by atoms with E-state index >= 15 is 0 Å². The van der Waals surface area contributed by atoms with E-state index in [-0.39, 0.29) is 24.6 Å². The van der Waals surface area contributed by atoms with Crippen LogP contribution >= 0.6 is 0 Å². The van der Waals surface area contributed by atoms with Crippen molar-refractivity contribution in [1.82, 2.24) is 4.90 Å². The van der Waals surface area contributed by atoms with Crippen molar-refractivity contribution in [2.24, 2.45) is 0 Å². The Labute approximate surface area is 156 Å². The molecule has 0 saturated carbocycles. The summed E-state index contributed by atoms with van der Waals surface area (Å²) in [4.78, 5) is 16.4. The number of carbonyl (C=O) groups is 1. The third-order valence-electron chi connectivity index (χ3n) is 4.64. The van der Waals surface area contributed by atoms with E-state index < -0.39 is 11.7 Å². The molecule has 1 N–H and O–H groups in total. The fourth-order valence-corrected chi connectivity index (χ4v) is 3.20. The number of nitrogens with zero attached hydrogens (tertiary/aromatic N) is 2. The highest BCUT2D eigenvalue weighted by Crippen LogP contribution is 2.34. The van der Waals surface area contributed by atoms with Crippen LogP contribution in [0.1, 0.15) is 12.0 Å². The van der Waals surface area contributed by atoms with Gasteiger partial charge in [0.25, 0.3) is 0 Å². The summed E-state index contributed by atoms with van der Waals surface area (Å²) in [7, 11) is 0. The van der Waals surface area contributed by atoms with Crippen molar-refractivity contribution in [2.45, 2.75) is 12.6 Å². The Morgan fingerprint density at radius 1 is 0.926 bits per heavy atom. The van der Waals surface area contributed by atoms with Crippen molar-refractivity contribution in [3.05, 3.63) is 60.2 Å². The van der Waals surface area contributed by atoms with Crippen LogP contribution < -0.4 is 10.2 Å². The second-order valence-corrected chi connectivity index (χ2v) is 6.42. The molecule has 1 fully saturated rings. The second-order valence-electron chi connectivity index (χ2n) is 6.42. The van der Waals surface area contributed by atoms with Crippen LogP contribution in [0.5, 0.6) is 0 Å². The monoisotopic (exact) mass is 377 g/mol. The van der Waals surface area contributed by atoms with Gasteiger partial charge in [0.15, 0.2) is 0 Å². The maximum absolute atomic E-state index is 13.0. The predicted octanol–water partition coefficient (Wildman–Crippen LogP) is 3.86. The summed E-state index contributed by atoms with van der Waals surface area (Å²) in [5, 5.41) is 2.75. The van der Waals surface area contributed by atoms with Crippen LogP contribution in [0.25, 0.3) is 0 Å². The lowest BCUT2D eigenvalue weighted by Gasteiger charge is -2.36. The maximum atomic E-state index is 13.0. The number of anilines is 2. The Morgan fingerprint density at radius 2 is 1.56 bits per heavy atom. The smallest absolute Gasteiger partial charge is 0.384 e. The summed E-state index contributed by atoms with van der Waals surface area (Å²) in [5.41, 5.74) is 0.427. The van der Waals surface area contributed by atoms with Crippen molar-refractivity contribution in [1.29, 1.82) is 0 Å². The van der Waals surface area contributed by atoms with Crippen LogP contribution in [0, 0.1) is 0 Å². The number of hydrogen-bond donors (Lipinski definition) is 1. The molecule has 144 valence electrons. The van der Waals surface area contributed by atoms with Gasteiger partial charge in [0.2, 0.25) is 5.91 Å². The third-order valence-corrected chi connectivity index (χ3v) is 4.64. The Balaban J connectivity index is 1.47. The van der Waals surface area contributed by atoms with Gasteiger partial charge in [0, 0.05) is 50.5 Å². The van der Waals surface area contributed by atoms with Gasteiger partial charge in [0.05, 0.1) is 5.56 Å². The number of carbonyl (C=O) groups excluding carboxylic acids is 1. The molecule has 1 heterocycles. The lowest BCUT2D eigenvalue weighted by molar-refractivity contribution is -0.137. The highest BCUT2D eigenvalue weighted by molar-refractivity contribution is 5.77. The van der Waals surface area contributed by atoms with E-state index in [1.165, 1.54) is 12.1 Å². The van der Waals surface area contributed by atoms with Crippen LogP contribution in [-0.2, 0) is 11.0 Å². The third kappa shape index (κ3) is 4.93. The standard InChI is InChI=1S/C20H22F3N3O/c21-20(22,23)17-8-4-5-9-18(17)24-11-10-19(27)26-14-12-25(13-15-26)16-6-2-1-3-7-16/h1-9,24H,10-15H2. The summed E-state index contributed by atoms with van der Waals surface area (Å²) < 4.78 is 38.9. The molecule has 1 amide bonds. The van der Waals surface area contributed by atoms with E-state index in [1.54, 1.807) is 11.0 Å². The van der Waals surface area contributed by atoms with E-state index in [0.29, 0.717) is 13.1 Å². The van der Waals surface area contributed by atoms with E-state index in [1.807, 2.05) is 30.3 Å². The van der Waals surface area contributed by atoms with E-state index in [9.17, 15) is 18.0 Å². The van der Waals surface area contributed by atoms with Crippen LogP contribution in [0.2, 0.25) is 0 Å². The van der Waals surface area contributed by atoms with Crippen LogP contribution in [0.4, 0.5) is 24.5 Å². The van der Waals surface area contributed by atoms with Crippen molar-refractivity contribution in [2.75, 3.05) is 42.9 Å². The summed E-state index contributed by atoms with van der Waals surface area (Å²) in [6.07, 6.45) is -4.25. The van der Waals surface area contributed by atoms with Gasteiger partial charge in [-0.25, -0.2) is 0 Å². The van der Waals surface area contributed by atoms with Crippen LogP contribution in [0.3, 0.4) is 0 Å². The fraction of sp³-hybridized carbons (Fsp3) is 0.350. The van der Waals surface area contributed by atoms with E-state index in [0.717, 1.165) is 24.8 Å². The van der Waals surface area contributed by atoms with Crippen molar-refractivity contribution in [3.63, 3.8) is 0 Å². The minimum Gasteiger partial charge on any atom is -0.384 e. The zero-order chi connectivity index (χ0) is 19.3. The first-order valence-electron chi connectivity index (χ1n) is 8.93. The lowest BCUT2D eigenvalue weighted by Crippen LogP contribution is -2.49. The molecule has 27 heavy (non-hydrogen) atoms. The molecule has 0 bridgehead atoms. The predicted molar refractivity (Wildman–Crippen MR) is 99.8 cm³/mol. The molecule has 0 radical (unpaired) electrons. The normalized spacial score (nSPS) is 14.9. The van der Waals surface area contributed by atoms with Crippen LogP contribution in [0.15, 0.2) is 54.6 Å². The number of piperazine rings is 1. The summed E-state index contributed by atoms with van der Waals surface area (Å²) >= 11 is 0. The van der Waals surface area contributed by atoms with Crippen molar-refractivity contribution >= 4 is 17.3 Å². The quantitative estimate of drug-likeness (QED) is 0.860. The first-order valence-corrected chi connectivity index (χ1v) is 8.93. The molecule has 2 aromatic rings. The molecule has 1 aliphatic heterocycles. The van der Waals surface area contributed by atoms with Gasteiger partial charge >= 0.3 is 6.18 Å². The molecule has 0 aromatic heterocycles. The SMILES string of the molecule is O=C(CCNc1ccccc1C(F)(F)F)N1CCN(c2ccccc2)CC1. The minimum absolute atomic E-state index is 0.00620. The van der Waals surface area contributed by atoms with Gasteiger partial charge in [-0.05, 0) is 24.3 Å². The molecule has 0 spiro atoms. The van der Waals surface area contributed by atoms with Gasteiger partial charge < -0.3 is 15.1 Å².